The molecule has 0 radical (unpaired) electrons. The Morgan fingerprint density at radius 1 is 1.38 bits per heavy atom. The van der Waals surface area contributed by atoms with E-state index in [4.69, 9.17) is 15.7 Å². The van der Waals surface area contributed by atoms with Crippen molar-refractivity contribution in [1.82, 2.24) is 5.32 Å². The molecular formula is C15H21N3O3. The second-order valence-corrected chi connectivity index (χ2v) is 5.83. The quantitative estimate of drug-likeness (QED) is 0.340. The van der Waals surface area contributed by atoms with Crippen LogP contribution >= 0.6 is 0 Å². The van der Waals surface area contributed by atoms with E-state index in [0.29, 0.717) is 17.7 Å². The molecule has 1 saturated heterocycles. The summed E-state index contributed by atoms with van der Waals surface area (Å²) in [5.74, 6) is -0.100. The lowest BCUT2D eigenvalue weighted by atomic mass is 9.93. The fourth-order valence-electron chi connectivity index (χ4n) is 2.47. The van der Waals surface area contributed by atoms with Crippen LogP contribution in [0.1, 0.15) is 42.6 Å². The number of carbonyl (C=O) groups is 1. The highest BCUT2D eigenvalue weighted by Crippen LogP contribution is 2.24. The molecule has 1 aliphatic heterocycles. The molecule has 0 saturated carbocycles. The molecule has 0 aromatic heterocycles. The maximum atomic E-state index is 12.2. The third-order valence-corrected chi connectivity index (χ3v) is 3.58. The summed E-state index contributed by atoms with van der Waals surface area (Å²) in [6, 6.07) is 6.74. The molecule has 0 bridgehead atoms. The highest BCUT2D eigenvalue weighted by molar-refractivity contribution is 5.99. The van der Waals surface area contributed by atoms with Crippen molar-refractivity contribution in [1.29, 1.82) is 0 Å². The van der Waals surface area contributed by atoms with Crippen LogP contribution in [0.3, 0.4) is 0 Å². The Labute approximate surface area is 124 Å². The largest absolute Gasteiger partial charge is 0.409 e. The van der Waals surface area contributed by atoms with E-state index in [1.807, 2.05) is 13.8 Å². The maximum Gasteiger partial charge on any atom is 0.251 e. The van der Waals surface area contributed by atoms with E-state index in [-0.39, 0.29) is 23.4 Å². The van der Waals surface area contributed by atoms with E-state index < -0.39 is 0 Å². The number of ether oxygens (including phenoxy) is 1. The van der Waals surface area contributed by atoms with Gasteiger partial charge in [-0.05, 0) is 38.8 Å². The summed E-state index contributed by atoms with van der Waals surface area (Å²) in [7, 11) is 0. The van der Waals surface area contributed by atoms with Gasteiger partial charge in [-0.2, -0.15) is 0 Å². The smallest absolute Gasteiger partial charge is 0.251 e. The number of oxime groups is 1. The number of hydrogen-bond donors (Lipinski definition) is 3. The number of rotatable bonds is 3. The molecule has 4 N–H and O–H groups in total. The zero-order valence-electron chi connectivity index (χ0n) is 12.3. The molecule has 114 valence electrons. The number of nitrogens with one attached hydrogen (secondary N) is 1. The Bertz CT molecular complexity index is 538. The number of nitrogens with zero attached hydrogens (tertiary/aromatic N) is 1. The summed E-state index contributed by atoms with van der Waals surface area (Å²) >= 11 is 0. The van der Waals surface area contributed by atoms with Gasteiger partial charge in [-0.15, -0.1) is 0 Å². The molecule has 1 atom stereocenters. The van der Waals surface area contributed by atoms with Crippen molar-refractivity contribution in [3.63, 3.8) is 0 Å². The van der Waals surface area contributed by atoms with Crippen molar-refractivity contribution in [3.05, 3.63) is 35.4 Å². The van der Waals surface area contributed by atoms with Crippen LogP contribution in [0.25, 0.3) is 0 Å². The Morgan fingerprint density at radius 2 is 2.00 bits per heavy atom. The molecule has 1 aliphatic rings. The number of nitrogens with two attached hydrogens (primary N) is 1. The summed E-state index contributed by atoms with van der Waals surface area (Å²) in [4.78, 5) is 12.2. The predicted octanol–water partition coefficient (Wildman–Crippen LogP) is 1.47. The van der Waals surface area contributed by atoms with Crippen LogP contribution in [0.15, 0.2) is 29.4 Å². The first-order valence-electron chi connectivity index (χ1n) is 6.94. The van der Waals surface area contributed by atoms with Gasteiger partial charge in [0, 0.05) is 23.8 Å². The van der Waals surface area contributed by atoms with Crippen molar-refractivity contribution in [2.45, 2.75) is 38.3 Å². The lowest BCUT2D eigenvalue weighted by molar-refractivity contribution is -0.0615. The Balaban J connectivity index is 2.00. The fourth-order valence-corrected chi connectivity index (χ4v) is 2.47. The van der Waals surface area contributed by atoms with Crippen LogP contribution in [-0.2, 0) is 4.74 Å². The Kier molecular flexibility index (Phi) is 4.47. The monoisotopic (exact) mass is 291 g/mol. The SMILES string of the molecule is CC1(C)CC(NC(=O)c2ccc(/C(N)=N/O)cc2)CCO1. The minimum atomic E-state index is -0.202. The second kappa shape index (κ2) is 6.13. The first-order chi connectivity index (χ1) is 9.91. The molecule has 1 aromatic rings. The molecule has 6 heteroatoms. The van der Waals surface area contributed by atoms with Gasteiger partial charge in [0.05, 0.1) is 5.60 Å². The van der Waals surface area contributed by atoms with Crippen molar-refractivity contribution in [2.75, 3.05) is 6.61 Å². The van der Waals surface area contributed by atoms with Gasteiger partial charge >= 0.3 is 0 Å². The summed E-state index contributed by atoms with van der Waals surface area (Å²) in [5.41, 5.74) is 6.40. The van der Waals surface area contributed by atoms with Crippen molar-refractivity contribution >= 4 is 11.7 Å². The maximum absolute atomic E-state index is 12.2. The lowest BCUT2D eigenvalue weighted by Gasteiger charge is -2.35. The standard InChI is InChI=1S/C15H21N3O3/c1-15(2)9-12(7-8-21-15)17-14(19)11-5-3-10(4-6-11)13(16)18-20/h3-6,12,20H,7-9H2,1-2H3,(H2,16,18)(H,17,19). The van der Waals surface area contributed by atoms with E-state index in [2.05, 4.69) is 10.5 Å². The number of benzene rings is 1. The molecular weight excluding hydrogens is 270 g/mol. The highest BCUT2D eigenvalue weighted by Gasteiger charge is 2.29. The molecule has 1 aromatic carbocycles. The van der Waals surface area contributed by atoms with Gasteiger partial charge in [0.25, 0.3) is 5.91 Å². The normalized spacial score (nSPS) is 21.8. The summed E-state index contributed by atoms with van der Waals surface area (Å²) in [6.07, 6.45) is 1.61. The van der Waals surface area contributed by atoms with Gasteiger partial charge in [-0.3, -0.25) is 4.79 Å². The summed E-state index contributed by atoms with van der Waals surface area (Å²) in [6.45, 7) is 4.70. The molecule has 1 fully saturated rings. The van der Waals surface area contributed by atoms with E-state index in [9.17, 15) is 4.79 Å². The van der Waals surface area contributed by atoms with Gasteiger partial charge in [0.15, 0.2) is 5.84 Å². The number of hydrogen-bond acceptors (Lipinski definition) is 4. The van der Waals surface area contributed by atoms with Gasteiger partial charge < -0.3 is 21.0 Å². The lowest BCUT2D eigenvalue weighted by Crippen LogP contribution is -2.45. The van der Waals surface area contributed by atoms with Crippen molar-refractivity contribution in [2.24, 2.45) is 10.9 Å². The average molecular weight is 291 g/mol. The van der Waals surface area contributed by atoms with E-state index in [0.717, 1.165) is 12.8 Å². The van der Waals surface area contributed by atoms with Crippen LogP contribution < -0.4 is 11.1 Å². The molecule has 1 heterocycles. The third-order valence-electron chi connectivity index (χ3n) is 3.58. The number of amidine groups is 1. The summed E-state index contributed by atoms with van der Waals surface area (Å²) in [5, 5.41) is 14.6. The van der Waals surface area contributed by atoms with E-state index in [1.54, 1.807) is 24.3 Å². The summed E-state index contributed by atoms with van der Waals surface area (Å²) < 4.78 is 5.64. The predicted molar refractivity (Wildman–Crippen MR) is 79.5 cm³/mol. The average Bonchev–Trinajstić information content (AvgIpc) is 2.45. The molecule has 0 spiro atoms. The van der Waals surface area contributed by atoms with Gasteiger partial charge in [0.1, 0.15) is 0 Å². The van der Waals surface area contributed by atoms with Crippen molar-refractivity contribution in [3.8, 4) is 0 Å². The van der Waals surface area contributed by atoms with Crippen LogP contribution in [0.2, 0.25) is 0 Å². The molecule has 1 amide bonds. The van der Waals surface area contributed by atoms with Gasteiger partial charge in [-0.1, -0.05) is 17.3 Å². The highest BCUT2D eigenvalue weighted by atomic mass is 16.5. The Hall–Kier alpha value is -2.08. The molecule has 6 nitrogen and oxygen atoms in total. The molecule has 21 heavy (non-hydrogen) atoms. The second-order valence-electron chi connectivity index (χ2n) is 5.83. The first kappa shape index (κ1) is 15.3. The van der Waals surface area contributed by atoms with Crippen LogP contribution in [0.4, 0.5) is 0 Å². The number of amides is 1. The van der Waals surface area contributed by atoms with Crippen LogP contribution in [0, 0.1) is 0 Å². The van der Waals surface area contributed by atoms with Gasteiger partial charge in [-0.25, -0.2) is 0 Å². The van der Waals surface area contributed by atoms with E-state index >= 15 is 0 Å². The van der Waals surface area contributed by atoms with Crippen LogP contribution in [-0.4, -0.2) is 35.2 Å². The molecule has 1 unspecified atom stereocenters. The first-order valence-corrected chi connectivity index (χ1v) is 6.94. The zero-order valence-corrected chi connectivity index (χ0v) is 12.3. The number of carbonyl (C=O) groups excluding carboxylic acids is 1. The zero-order chi connectivity index (χ0) is 15.5. The van der Waals surface area contributed by atoms with Gasteiger partial charge in [0.2, 0.25) is 0 Å². The topological polar surface area (TPSA) is 96.9 Å². The fraction of sp³-hybridized carbons (Fsp3) is 0.467. The molecule has 0 aliphatic carbocycles. The third kappa shape index (κ3) is 3.95. The van der Waals surface area contributed by atoms with Crippen LogP contribution in [0.5, 0.6) is 0 Å². The Morgan fingerprint density at radius 3 is 2.57 bits per heavy atom. The molecule has 2 rings (SSSR count). The minimum Gasteiger partial charge on any atom is -0.409 e. The van der Waals surface area contributed by atoms with E-state index in [1.165, 1.54) is 0 Å². The van der Waals surface area contributed by atoms with Crippen molar-refractivity contribution < 1.29 is 14.7 Å². The minimum absolute atomic E-state index is 0.0214.